The molecule has 96 valence electrons. The Morgan fingerprint density at radius 1 is 1.12 bits per heavy atom. The van der Waals surface area contributed by atoms with Crippen LogP contribution in [0.3, 0.4) is 0 Å². The number of nitrogens with one attached hydrogen (secondary N) is 3. The van der Waals surface area contributed by atoms with E-state index in [1.807, 2.05) is 6.20 Å². The molecule has 3 N–H and O–H groups in total. The Bertz CT molecular complexity index is 292. The maximum atomic E-state index is 11.4. The number of carbonyl (C=O) groups excluding carboxylic acids is 2. The van der Waals surface area contributed by atoms with Crippen LogP contribution in [-0.2, 0) is 4.79 Å². The van der Waals surface area contributed by atoms with Crippen LogP contribution in [0.1, 0.15) is 39.0 Å². The van der Waals surface area contributed by atoms with Crippen molar-refractivity contribution in [2.75, 3.05) is 13.1 Å². The third kappa shape index (κ3) is 6.60. The molecule has 0 aliphatic heterocycles. The quantitative estimate of drug-likeness (QED) is 0.647. The summed E-state index contributed by atoms with van der Waals surface area (Å²) in [5.41, 5.74) is 1.31. The van der Waals surface area contributed by atoms with Gasteiger partial charge in [-0.1, -0.05) is 12.0 Å². The van der Waals surface area contributed by atoms with E-state index in [0.29, 0.717) is 13.1 Å². The Kier molecular flexibility index (Phi) is 6.14. The minimum Gasteiger partial charge on any atom is -0.355 e. The molecule has 3 amide bonds. The highest BCUT2D eigenvalue weighted by molar-refractivity contribution is 5.75. The third-order valence-electron chi connectivity index (χ3n) is 2.69. The Labute approximate surface area is 102 Å². The molecule has 5 nitrogen and oxygen atoms in total. The highest BCUT2D eigenvalue weighted by Crippen LogP contribution is 2.21. The maximum absolute atomic E-state index is 11.4. The molecule has 0 aromatic heterocycles. The van der Waals surface area contributed by atoms with Crippen LogP contribution >= 0.6 is 0 Å². The molecule has 1 aliphatic carbocycles. The number of allylic oxidation sites excluding steroid dienone is 1. The maximum Gasteiger partial charge on any atom is 0.318 e. The Morgan fingerprint density at radius 2 is 1.76 bits per heavy atom. The molecule has 1 rings (SSSR count). The molecular formula is C12H21N3O2. The summed E-state index contributed by atoms with van der Waals surface area (Å²) in [5, 5.41) is 7.99. The van der Waals surface area contributed by atoms with Crippen LogP contribution in [0.15, 0.2) is 11.8 Å². The summed E-state index contributed by atoms with van der Waals surface area (Å²) in [5.74, 6) is -0.0865. The van der Waals surface area contributed by atoms with Gasteiger partial charge in [0.05, 0.1) is 0 Å². The summed E-state index contributed by atoms with van der Waals surface area (Å²) in [6, 6.07) is -0.214. The van der Waals surface area contributed by atoms with E-state index < -0.39 is 0 Å². The number of carbonyl (C=O) groups is 2. The van der Waals surface area contributed by atoms with Crippen molar-refractivity contribution in [2.24, 2.45) is 0 Å². The zero-order chi connectivity index (χ0) is 12.5. The van der Waals surface area contributed by atoms with E-state index in [2.05, 4.69) is 16.0 Å². The lowest BCUT2D eigenvalue weighted by atomic mass is 9.96. The fourth-order valence-electron chi connectivity index (χ4n) is 1.78. The molecule has 1 fully saturated rings. The van der Waals surface area contributed by atoms with Gasteiger partial charge in [0.15, 0.2) is 0 Å². The second-order valence-electron chi connectivity index (χ2n) is 4.25. The average molecular weight is 239 g/mol. The number of hydrogen-bond acceptors (Lipinski definition) is 2. The first-order valence-corrected chi connectivity index (χ1v) is 6.15. The fourth-order valence-corrected chi connectivity index (χ4v) is 1.78. The molecule has 0 saturated heterocycles. The summed E-state index contributed by atoms with van der Waals surface area (Å²) in [4.78, 5) is 21.9. The van der Waals surface area contributed by atoms with Gasteiger partial charge in [0, 0.05) is 26.2 Å². The first kappa shape index (κ1) is 13.5. The largest absolute Gasteiger partial charge is 0.355 e. The molecule has 1 aliphatic rings. The summed E-state index contributed by atoms with van der Waals surface area (Å²) in [7, 11) is 0. The molecule has 0 heterocycles. The zero-order valence-electron chi connectivity index (χ0n) is 10.3. The van der Waals surface area contributed by atoms with Crippen LogP contribution in [0.5, 0.6) is 0 Å². The van der Waals surface area contributed by atoms with Crippen molar-refractivity contribution in [1.29, 1.82) is 0 Å². The van der Waals surface area contributed by atoms with Crippen LogP contribution < -0.4 is 16.0 Å². The van der Waals surface area contributed by atoms with Crippen molar-refractivity contribution in [1.82, 2.24) is 16.0 Å². The normalized spacial score (nSPS) is 15.0. The Hall–Kier alpha value is -1.52. The molecule has 0 aromatic carbocycles. The van der Waals surface area contributed by atoms with Gasteiger partial charge in [0.1, 0.15) is 0 Å². The summed E-state index contributed by atoms with van der Waals surface area (Å²) < 4.78 is 0. The van der Waals surface area contributed by atoms with Gasteiger partial charge in [0.25, 0.3) is 0 Å². The van der Waals surface area contributed by atoms with Crippen molar-refractivity contribution < 1.29 is 9.59 Å². The number of hydrogen-bond donors (Lipinski definition) is 3. The molecule has 0 bridgehead atoms. The third-order valence-corrected chi connectivity index (χ3v) is 2.69. The SMILES string of the molecule is CC(=O)NCCNC(=O)NC=C1CCCCC1. The molecule has 17 heavy (non-hydrogen) atoms. The second kappa shape index (κ2) is 7.70. The highest BCUT2D eigenvalue weighted by atomic mass is 16.2. The average Bonchev–Trinajstić information content (AvgIpc) is 2.33. The fraction of sp³-hybridized carbons (Fsp3) is 0.667. The molecule has 0 spiro atoms. The topological polar surface area (TPSA) is 70.2 Å². The first-order chi connectivity index (χ1) is 8.18. The summed E-state index contributed by atoms with van der Waals surface area (Å²) >= 11 is 0. The van der Waals surface area contributed by atoms with Gasteiger partial charge in [-0.15, -0.1) is 0 Å². The predicted molar refractivity (Wildman–Crippen MR) is 66.4 cm³/mol. The first-order valence-electron chi connectivity index (χ1n) is 6.15. The lowest BCUT2D eigenvalue weighted by molar-refractivity contribution is -0.118. The van der Waals surface area contributed by atoms with E-state index in [1.165, 1.54) is 31.8 Å². The molecular weight excluding hydrogens is 218 g/mol. The van der Waals surface area contributed by atoms with E-state index in [0.717, 1.165) is 12.8 Å². The predicted octanol–water partition coefficient (Wildman–Crippen LogP) is 1.27. The van der Waals surface area contributed by atoms with Crippen molar-refractivity contribution in [2.45, 2.75) is 39.0 Å². The van der Waals surface area contributed by atoms with Crippen LogP contribution in [0.25, 0.3) is 0 Å². The number of urea groups is 1. The Balaban J connectivity index is 2.09. The van der Waals surface area contributed by atoms with Crippen LogP contribution in [0, 0.1) is 0 Å². The van der Waals surface area contributed by atoms with Crippen molar-refractivity contribution in [3.63, 3.8) is 0 Å². The van der Waals surface area contributed by atoms with E-state index >= 15 is 0 Å². The van der Waals surface area contributed by atoms with Crippen molar-refractivity contribution in [3.05, 3.63) is 11.8 Å². The van der Waals surface area contributed by atoms with Crippen molar-refractivity contribution >= 4 is 11.9 Å². The van der Waals surface area contributed by atoms with Gasteiger partial charge in [-0.25, -0.2) is 4.79 Å². The van der Waals surface area contributed by atoms with Gasteiger partial charge >= 0.3 is 6.03 Å². The molecule has 0 atom stereocenters. The zero-order valence-corrected chi connectivity index (χ0v) is 10.3. The molecule has 1 saturated carbocycles. The van der Waals surface area contributed by atoms with E-state index in [9.17, 15) is 9.59 Å². The monoisotopic (exact) mass is 239 g/mol. The molecule has 0 unspecified atom stereocenters. The standard InChI is InChI=1S/C12H21N3O2/c1-10(16)13-7-8-14-12(17)15-9-11-5-3-2-4-6-11/h9H,2-8H2,1H3,(H,13,16)(H2,14,15,17). The van der Waals surface area contributed by atoms with Gasteiger partial charge in [-0.2, -0.15) is 0 Å². The smallest absolute Gasteiger partial charge is 0.318 e. The van der Waals surface area contributed by atoms with E-state index in [1.54, 1.807) is 0 Å². The van der Waals surface area contributed by atoms with Crippen LogP contribution in [0.4, 0.5) is 4.79 Å². The Morgan fingerprint density at radius 3 is 2.41 bits per heavy atom. The number of amides is 3. The van der Waals surface area contributed by atoms with Gasteiger partial charge in [0.2, 0.25) is 5.91 Å². The van der Waals surface area contributed by atoms with E-state index in [4.69, 9.17) is 0 Å². The highest BCUT2D eigenvalue weighted by Gasteiger charge is 2.05. The molecule has 0 aromatic rings. The lowest BCUT2D eigenvalue weighted by Crippen LogP contribution is -2.38. The summed E-state index contributed by atoms with van der Waals surface area (Å²) in [6.07, 6.45) is 7.72. The lowest BCUT2D eigenvalue weighted by Gasteiger charge is -2.13. The minimum atomic E-state index is -0.214. The van der Waals surface area contributed by atoms with Crippen LogP contribution in [-0.4, -0.2) is 25.0 Å². The summed E-state index contributed by atoms with van der Waals surface area (Å²) in [6.45, 7) is 2.35. The molecule has 0 radical (unpaired) electrons. The number of rotatable bonds is 4. The van der Waals surface area contributed by atoms with Crippen molar-refractivity contribution in [3.8, 4) is 0 Å². The van der Waals surface area contributed by atoms with Crippen LogP contribution in [0.2, 0.25) is 0 Å². The van der Waals surface area contributed by atoms with Gasteiger partial charge in [-0.3, -0.25) is 4.79 Å². The van der Waals surface area contributed by atoms with Gasteiger partial charge < -0.3 is 16.0 Å². The van der Waals surface area contributed by atoms with E-state index in [-0.39, 0.29) is 11.9 Å². The second-order valence-corrected chi connectivity index (χ2v) is 4.25. The molecule has 5 heteroatoms. The van der Waals surface area contributed by atoms with Gasteiger partial charge in [-0.05, 0) is 25.7 Å². The minimum absolute atomic E-state index is 0.0865.